The molecule has 1 rings (SSSR count). The zero-order valence-corrected chi connectivity index (χ0v) is 12.7. The molecule has 1 fully saturated rings. The molecule has 112 valence electrons. The third kappa shape index (κ3) is 4.77. The minimum atomic E-state index is -0.0857. The molecule has 0 aromatic heterocycles. The first kappa shape index (κ1) is 16.4. The third-order valence-corrected chi connectivity index (χ3v) is 4.34. The van der Waals surface area contributed by atoms with Crippen molar-refractivity contribution >= 4 is 5.91 Å². The fourth-order valence-corrected chi connectivity index (χ4v) is 2.96. The quantitative estimate of drug-likeness (QED) is 0.743. The second kappa shape index (κ2) is 8.54. The lowest BCUT2D eigenvalue weighted by Gasteiger charge is -2.39. The van der Waals surface area contributed by atoms with Gasteiger partial charge in [0.25, 0.3) is 0 Å². The number of aliphatic hydroxyl groups is 1. The fraction of sp³-hybridized carbons (Fsp3) is 0.933. The highest BCUT2D eigenvalue weighted by Gasteiger charge is 2.30. The SMILES string of the molecule is CCC(CC)NC(=O)C(C)N1CCCCC1CCO. The van der Waals surface area contributed by atoms with Crippen molar-refractivity contribution in [1.82, 2.24) is 10.2 Å². The van der Waals surface area contributed by atoms with E-state index in [9.17, 15) is 4.79 Å². The van der Waals surface area contributed by atoms with Gasteiger partial charge in [-0.2, -0.15) is 0 Å². The maximum atomic E-state index is 12.3. The molecule has 1 saturated heterocycles. The van der Waals surface area contributed by atoms with E-state index in [0.29, 0.717) is 6.04 Å². The Morgan fingerprint density at radius 2 is 2.05 bits per heavy atom. The number of amides is 1. The Morgan fingerprint density at radius 1 is 1.37 bits per heavy atom. The summed E-state index contributed by atoms with van der Waals surface area (Å²) in [5.74, 6) is 0.138. The van der Waals surface area contributed by atoms with Gasteiger partial charge in [-0.15, -0.1) is 0 Å². The second-order valence-electron chi connectivity index (χ2n) is 5.60. The first-order valence-electron chi connectivity index (χ1n) is 7.80. The molecule has 2 atom stereocenters. The highest BCUT2D eigenvalue weighted by molar-refractivity contribution is 5.81. The molecule has 1 heterocycles. The number of nitrogens with one attached hydrogen (secondary N) is 1. The van der Waals surface area contributed by atoms with Crippen LogP contribution in [0.1, 0.15) is 59.3 Å². The number of aliphatic hydroxyl groups excluding tert-OH is 1. The van der Waals surface area contributed by atoms with E-state index in [1.807, 2.05) is 6.92 Å². The van der Waals surface area contributed by atoms with Crippen molar-refractivity contribution in [2.24, 2.45) is 0 Å². The van der Waals surface area contributed by atoms with Crippen LogP contribution in [-0.4, -0.2) is 47.2 Å². The molecule has 0 aliphatic carbocycles. The van der Waals surface area contributed by atoms with E-state index < -0.39 is 0 Å². The minimum Gasteiger partial charge on any atom is -0.396 e. The van der Waals surface area contributed by atoms with Crippen molar-refractivity contribution in [3.05, 3.63) is 0 Å². The summed E-state index contributed by atoms with van der Waals surface area (Å²) in [6, 6.07) is 0.565. The van der Waals surface area contributed by atoms with Crippen molar-refractivity contribution in [3.8, 4) is 0 Å². The Balaban J connectivity index is 2.57. The lowest BCUT2D eigenvalue weighted by atomic mass is 9.97. The van der Waals surface area contributed by atoms with Gasteiger partial charge >= 0.3 is 0 Å². The summed E-state index contributed by atoms with van der Waals surface area (Å²) in [5.41, 5.74) is 0. The molecule has 0 spiro atoms. The molecular formula is C15H30N2O2. The number of hydrogen-bond donors (Lipinski definition) is 2. The summed E-state index contributed by atoms with van der Waals surface area (Å²) in [7, 11) is 0. The van der Waals surface area contributed by atoms with Crippen LogP contribution in [0, 0.1) is 0 Å². The molecule has 2 unspecified atom stereocenters. The summed E-state index contributed by atoms with van der Waals surface area (Å²) in [6.07, 6.45) is 6.21. The molecule has 0 aromatic rings. The smallest absolute Gasteiger partial charge is 0.237 e. The number of hydrogen-bond acceptors (Lipinski definition) is 3. The molecule has 0 saturated carbocycles. The minimum absolute atomic E-state index is 0.0857. The number of likely N-dealkylation sites (tertiary alicyclic amines) is 1. The molecule has 1 aliphatic heterocycles. The van der Waals surface area contributed by atoms with Gasteiger partial charge in [0.1, 0.15) is 0 Å². The second-order valence-corrected chi connectivity index (χ2v) is 5.60. The molecule has 1 amide bonds. The van der Waals surface area contributed by atoms with Gasteiger partial charge in [-0.05, 0) is 45.6 Å². The lowest BCUT2D eigenvalue weighted by molar-refractivity contribution is -0.128. The van der Waals surface area contributed by atoms with Crippen LogP contribution in [0.5, 0.6) is 0 Å². The van der Waals surface area contributed by atoms with Gasteiger partial charge in [-0.1, -0.05) is 20.3 Å². The number of piperidine rings is 1. The molecular weight excluding hydrogens is 240 g/mol. The Kier molecular flexibility index (Phi) is 7.39. The van der Waals surface area contributed by atoms with Gasteiger partial charge in [-0.3, -0.25) is 9.69 Å². The standard InChI is InChI=1S/C15H30N2O2/c1-4-13(5-2)16-15(19)12(3)17-10-7-6-8-14(17)9-11-18/h12-14,18H,4-11H2,1-3H3,(H,16,19). The van der Waals surface area contributed by atoms with E-state index in [1.54, 1.807) is 0 Å². The van der Waals surface area contributed by atoms with Crippen LogP contribution in [0.15, 0.2) is 0 Å². The van der Waals surface area contributed by atoms with Gasteiger partial charge in [0.2, 0.25) is 5.91 Å². The van der Waals surface area contributed by atoms with E-state index >= 15 is 0 Å². The third-order valence-electron chi connectivity index (χ3n) is 4.34. The summed E-state index contributed by atoms with van der Waals surface area (Å²) >= 11 is 0. The summed E-state index contributed by atoms with van der Waals surface area (Å²) in [6.45, 7) is 7.39. The van der Waals surface area contributed by atoms with Gasteiger partial charge in [-0.25, -0.2) is 0 Å². The molecule has 4 heteroatoms. The van der Waals surface area contributed by atoms with Crippen molar-refractivity contribution in [1.29, 1.82) is 0 Å². The van der Waals surface area contributed by atoms with Crippen molar-refractivity contribution in [2.75, 3.05) is 13.2 Å². The Hall–Kier alpha value is -0.610. The molecule has 0 bridgehead atoms. The molecule has 2 N–H and O–H groups in total. The summed E-state index contributed by atoms with van der Waals surface area (Å²) < 4.78 is 0. The van der Waals surface area contributed by atoms with E-state index in [4.69, 9.17) is 5.11 Å². The van der Waals surface area contributed by atoms with Gasteiger partial charge in [0.15, 0.2) is 0 Å². The van der Waals surface area contributed by atoms with Crippen LogP contribution in [0.3, 0.4) is 0 Å². The van der Waals surface area contributed by atoms with Crippen LogP contribution in [0.4, 0.5) is 0 Å². The first-order valence-corrected chi connectivity index (χ1v) is 7.80. The van der Waals surface area contributed by atoms with E-state index in [0.717, 1.165) is 38.6 Å². The summed E-state index contributed by atoms with van der Waals surface area (Å²) in [4.78, 5) is 14.6. The largest absolute Gasteiger partial charge is 0.396 e. The molecule has 1 aliphatic rings. The molecule has 0 radical (unpaired) electrons. The van der Waals surface area contributed by atoms with Crippen LogP contribution in [0.2, 0.25) is 0 Å². The predicted molar refractivity (Wildman–Crippen MR) is 78.0 cm³/mol. The van der Waals surface area contributed by atoms with Crippen LogP contribution in [0.25, 0.3) is 0 Å². The Bertz CT molecular complexity index is 265. The lowest BCUT2D eigenvalue weighted by Crippen LogP contribution is -2.53. The molecule has 4 nitrogen and oxygen atoms in total. The number of carbonyl (C=O) groups excluding carboxylic acids is 1. The Morgan fingerprint density at radius 3 is 2.63 bits per heavy atom. The highest BCUT2D eigenvalue weighted by Crippen LogP contribution is 2.22. The number of rotatable bonds is 7. The van der Waals surface area contributed by atoms with E-state index in [2.05, 4.69) is 24.1 Å². The maximum absolute atomic E-state index is 12.3. The Labute approximate surface area is 117 Å². The average molecular weight is 270 g/mol. The van der Waals surface area contributed by atoms with Gasteiger partial charge in [0, 0.05) is 18.7 Å². The van der Waals surface area contributed by atoms with Crippen LogP contribution < -0.4 is 5.32 Å². The number of nitrogens with zero attached hydrogens (tertiary/aromatic N) is 1. The number of carbonyl (C=O) groups is 1. The van der Waals surface area contributed by atoms with Crippen LogP contribution in [-0.2, 0) is 4.79 Å². The molecule has 19 heavy (non-hydrogen) atoms. The van der Waals surface area contributed by atoms with Crippen LogP contribution >= 0.6 is 0 Å². The summed E-state index contributed by atoms with van der Waals surface area (Å²) in [5, 5.41) is 12.3. The van der Waals surface area contributed by atoms with Gasteiger partial charge < -0.3 is 10.4 Å². The van der Waals surface area contributed by atoms with E-state index in [1.165, 1.54) is 6.42 Å². The highest BCUT2D eigenvalue weighted by atomic mass is 16.3. The van der Waals surface area contributed by atoms with Crippen molar-refractivity contribution < 1.29 is 9.90 Å². The predicted octanol–water partition coefficient (Wildman–Crippen LogP) is 1.92. The zero-order chi connectivity index (χ0) is 14.3. The van der Waals surface area contributed by atoms with Crippen molar-refractivity contribution in [2.45, 2.75) is 77.4 Å². The monoisotopic (exact) mass is 270 g/mol. The van der Waals surface area contributed by atoms with Crippen molar-refractivity contribution in [3.63, 3.8) is 0 Å². The van der Waals surface area contributed by atoms with E-state index in [-0.39, 0.29) is 24.6 Å². The fourth-order valence-electron chi connectivity index (χ4n) is 2.96. The maximum Gasteiger partial charge on any atom is 0.237 e. The molecule has 0 aromatic carbocycles. The average Bonchev–Trinajstić information content (AvgIpc) is 2.44. The first-order chi connectivity index (χ1) is 9.13. The topological polar surface area (TPSA) is 52.6 Å². The normalized spacial score (nSPS) is 22.5. The van der Waals surface area contributed by atoms with Gasteiger partial charge in [0.05, 0.1) is 6.04 Å². The zero-order valence-electron chi connectivity index (χ0n) is 12.7.